The van der Waals surface area contributed by atoms with Crippen molar-refractivity contribution >= 4 is 23.2 Å². The Hall–Kier alpha value is -0.350. The van der Waals surface area contributed by atoms with E-state index >= 15 is 0 Å². The van der Waals surface area contributed by atoms with Crippen LogP contribution in [0.2, 0.25) is 10.0 Å². The van der Waals surface area contributed by atoms with Crippen molar-refractivity contribution in [2.24, 2.45) is 11.7 Å². The van der Waals surface area contributed by atoms with Crippen LogP contribution in [0.5, 0.6) is 0 Å². The minimum absolute atomic E-state index is 0.0915. The number of rotatable bonds is 3. The number of hydrogen-bond acceptors (Lipinski definition) is 2. The third-order valence-electron chi connectivity index (χ3n) is 2.89. The first-order valence-corrected chi connectivity index (χ1v) is 5.85. The van der Waals surface area contributed by atoms with Crippen molar-refractivity contribution in [3.05, 3.63) is 33.6 Å². The minimum Gasteiger partial charge on any atom is -0.391 e. The zero-order chi connectivity index (χ0) is 11.9. The molecule has 2 rings (SSSR count). The van der Waals surface area contributed by atoms with Crippen LogP contribution >= 0.6 is 23.2 Å². The molecular weight excluding hydrogens is 252 g/mol. The molecule has 0 bridgehead atoms. The fourth-order valence-corrected chi connectivity index (χ4v) is 2.19. The van der Waals surface area contributed by atoms with E-state index in [1.807, 2.05) is 0 Å². The summed E-state index contributed by atoms with van der Waals surface area (Å²) in [5.74, 6) is -0.369. The van der Waals surface area contributed by atoms with Crippen LogP contribution in [0.1, 0.15) is 24.4 Å². The highest BCUT2D eigenvalue weighted by Crippen LogP contribution is 2.40. The van der Waals surface area contributed by atoms with Gasteiger partial charge in [-0.15, -0.1) is 0 Å². The molecule has 1 aromatic rings. The smallest absolute Gasteiger partial charge is 0.129 e. The summed E-state index contributed by atoms with van der Waals surface area (Å²) in [7, 11) is 0. The van der Waals surface area contributed by atoms with Crippen LogP contribution < -0.4 is 5.73 Å². The van der Waals surface area contributed by atoms with Crippen LogP contribution in [0.3, 0.4) is 0 Å². The maximum atomic E-state index is 13.6. The third kappa shape index (κ3) is 2.18. The van der Waals surface area contributed by atoms with Crippen molar-refractivity contribution < 1.29 is 9.50 Å². The van der Waals surface area contributed by atoms with Gasteiger partial charge in [0.1, 0.15) is 5.82 Å². The Balaban J connectivity index is 2.34. The van der Waals surface area contributed by atoms with Gasteiger partial charge in [-0.2, -0.15) is 0 Å². The molecular formula is C11H12Cl2FNO. The fourth-order valence-electron chi connectivity index (χ4n) is 1.75. The first kappa shape index (κ1) is 12.1. The third-order valence-corrected chi connectivity index (χ3v) is 3.70. The maximum Gasteiger partial charge on any atom is 0.129 e. The summed E-state index contributed by atoms with van der Waals surface area (Å²) >= 11 is 11.7. The summed E-state index contributed by atoms with van der Waals surface area (Å²) in [6, 6.07) is 1.76. The molecule has 88 valence electrons. The molecule has 1 aromatic carbocycles. The van der Waals surface area contributed by atoms with Crippen LogP contribution in [-0.2, 0) is 0 Å². The van der Waals surface area contributed by atoms with Crippen molar-refractivity contribution in [3.63, 3.8) is 0 Å². The number of aliphatic hydroxyl groups excluding tert-OH is 1. The Morgan fingerprint density at radius 1 is 1.38 bits per heavy atom. The van der Waals surface area contributed by atoms with Crippen LogP contribution in [0, 0.1) is 11.7 Å². The van der Waals surface area contributed by atoms with Gasteiger partial charge in [-0.25, -0.2) is 4.39 Å². The molecule has 0 unspecified atom stereocenters. The lowest BCUT2D eigenvalue weighted by Crippen LogP contribution is -2.29. The zero-order valence-electron chi connectivity index (χ0n) is 8.46. The molecule has 1 aliphatic carbocycles. The molecule has 0 amide bonds. The summed E-state index contributed by atoms with van der Waals surface area (Å²) in [6.45, 7) is 0. The predicted octanol–water partition coefficient (Wildman–Crippen LogP) is 2.90. The van der Waals surface area contributed by atoms with E-state index in [9.17, 15) is 9.50 Å². The average molecular weight is 264 g/mol. The van der Waals surface area contributed by atoms with E-state index in [0.29, 0.717) is 0 Å². The van der Waals surface area contributed by atoms with E-state index in [4.69, 9.17) is 28.9 Å². The summed E-state index contributed by atoms with van der Waals surface area (Å²) < 4.78 is 13.6. The normalized spacial score (nSPS) is 19.6. The molecule has 1 fully saturated rings. The first-order chi connectivity index (χ1) is 7.52. The molecule has 16 heavy (non-hydrogen) atoms. The first-order valence-electron chi connectivity index (χ1n) is 5.09. The number of benzene rings is 1. The second kappa shape index (κ2) is 4.49. The standard InChI is InChI=1S/C11H12Cl2FNO/c12-6-3-4-7(14)8(9(6)13)10(15)11(16)5-1-2-5/h3-5,10-11,16H,1-2,15H2/t10-,11+/m0/s1. The van der Waals surface area contributed by atoms with E-state index in [-0.39, 0.29) is 21.5 Å². The SMILES string of the molecule is N[C@@H](c1c(F)ccc(Cl)c1Cl)[C@H](O)C1CC1. The van der Waals surface area contributed by atoms with E-state index in [0.717, 1.165) is 12.8 Å². The second-order valence-corrected chi connectivity index (χ2v) is 4.90. The number of nitrogens with two attached hydrogens (primary N) is 1. The monoisotopic (exact) mass is 263 g/mol. The molecule has 2 nitrogen and oxygen atoms in total. The lowest BCUT2D eigenvalue weighted by Gasteiger charge is -2.20. The Morgan fingerprint density at radius 3 is 2.56 bits per heavy atom. The van der Waals surface area contributed by atoms with E-state index < -0.39 is 18.0 Å². The molecule has 0 aromatic heterocycles. The van der Waals surface area contributed by atoms with Gasteiger partial charge in [0.05, 0.1) is 22.2 Å². The highest BCUT2D eigenvalue weighted by atomic mass is 35.5. The maximum absolute atomic E-state index is 13.6. The van der Waals surface area contributed by atoms with Crippen LogP contribution in [0.15, 0.2) is 12.1 Å². The molecule has 0 aliphatic heterocycles. The van der Waals surface area contributed by atoms with Crippen molar-refractivity contribution in [3.8, 4) is 0 Å². The molecule has 0 spiro atoms. The Bertz CT molecular complexity index is 409. The van der Waals surface area contributed by atoms with E-state index in [2.05, 4.69) is 0 Å². The number of aliphatic hydroxyl groups is 1. The van der Waals surface area contributed by atoms with Crippen molar-refractivity contribution in [1.29, 1.82) is 0 Å². The summed E-state index contributed by atoms with van der Waals surface area (Å²) in [5.41, 5.74) is 5.92. The minimum atomic E-state index is -0.821. The fraction of sp³-hybridized carbons (Fsp3) is 0.455. The summed E-state index contributed by atoms with van der Waals surface area (Å²) in [4.78, 5) is 0. The van der Waals surface area contributed by atoms with Crippen molar-refractivity contribution in [2.45, 2.75) is 25.0 Å². The van der Waals surface area contributed by atoms with Crippen LogP contribution in [0.25, 0.3) is 0 Å². The lowest BCUT2D eigenvalue weighted by molar-refractivity contribution is 0.121. The summed E-state index contributed by atoms with van der Waals surface area (Å²) in [5, 5.41) is 10.2. The molecule has 5 heteroatoms. The van der Waals surface area contributed by atoms with Gasteiger partial charge in [0.25, 0.3) is 0 Å². The molecule has 1 aliphatic rings. The van der Waals surface area contributed by atoms with Gasteiger partial charge in [-0.3, -0.25) is 0 Å². The van der Waals surface area contributed by atoms with Gasteiger partial charge in [0.15, 0.2) is 0 Å². The highest BCUT2D eigenvalue weighted by Gasteiger charge is 2.36. The van der Waals surface area contributed by atoms with E-state index in [1.54, 1.807) is 0 Å². The molecule has 0 heterocycles. The van der Waals surface area contributed by atoms with Crippen molar-refractivity contribution in [1.82, 2.24) is 0 Å². The zero-order valence-corrected chi connectivity index (χ0v) is 9.97. The Kier molecular flexibility index (Phi) is 3.40. The topological polar surface area (TPSA) is 46.2 Å². The Labute approximate surface area is 103 Å². The highest BCUT2D eigenvalue weighted by molar-refractivity contribution is 6.42. The van der Waals surface area contributed by atoms with Gasteiger partial charge in [-0.05, 0) is 30.9 Å². The molecule has 0 radical (unpaired) electrons. The van der Waals surface area contributed by atoms with Gasteiger partial charge in [-0.1, -0.05) is 23.2 Å². The van der Waals surface area contributed by atoms with Gasteiger partial charge in [0.2, 0.25) is 0 Å². The predicted molar refractivity (Wildman–Crippen MR) is 62.1 cm³/mol. The Morgan fingerprint density at radius 2 is 2.00 bits per heavy atom. The van der Waals surface area contributed by atoms with Gasteiger partial charge >= 0.3 is 0 Å². The quantitative estimate of drug-likeness (QED) is 0.824. The average Bonchev–Trinajstić information content (AvgIpc) is 3.06. The molecule has 1 saturated carbocycles. The second-order valence-electron chi connectivity index (χ2n) is 4.11. The van der Waals surface area contributed by atoms with Crippen LogP contribution in [0.4, 0.5) is 4.39 Å². The van der Waals surface area contributed by atoms with Crippen LogP contribution in [-0.4, -0.2) is 11.2 Å². The lowest BCUT2D eigenvalue weighted by atomic mass is 9.98. The molecule has 0 saturated heterocycles. The largest absolute Gasteiger partial charge is 0.391 e. The van der Waals surface area contributed by atoms with Crippen molar-refractivity contribution in [2.75, 3.05) is 0 Å². The molecule has 2 atom stereocenters. The summed E-state index contributed by atoms with van der Waals surface area (Å²) in [6.07, 6.45) is 1.09. The van der Waals surface area contributed by atoms with Gasteiger partial charge in [0, 0.05) is 5.56 Å². The number of hydrogen-bond donors (Lipinski definition) is 2. The van der Waals surface area contributed by atoms with E-state index in [1.165, 1.54) is 12.1 Å². The van der Waals surface area contributed by atoms with Gasteiger partial charge < -0.3 is 10.8 Å². The number of halogens is 3. The molecule has 3 N–H and O–H groups in total.